The highest BCUT2D eigenvalue weighted by atomic mass is 16.2. The Morgan fingerprint density at radius 1 is 1.60 bits per heavy atom. The first-order chi connectivity index (χ1) is 7.00. The Morgan fingerprint density at radius 2 is 2.27 bits per heavy atom. The zero-order valence-electron chi connectivity index (χ0n) is 8.67. The summed E-state index contributed by atoms with van der Waals surface area (Å²) in [6, 6.07) is -0.373. The number of aromatic amines is 2. The van der Waals surface area contributed by atoms with Crippen LogP contribution in [-0.2, 0) is 0 Å². The second-order valence-electron chi connectivity index (χ2n) is 3.63. The van der Waals surface area contributed by atoms with Crippen molar-refractivity contribution in [2.45, 2.75) is 25.8 Å². The largest absolute Gasteiger partial charge is 0.325 e. The lowest BCUT2D eigenvalue weighted by Crippen LogP contribution is -2.28. The Hall–Kier alpha value is -1.62. The number of H-pyrrole nitrogens is 2. The van der Waals surface area contributed by atoms with E-state index in [1.165, 1.54) is 6.20 Å². The molecule has 1 unspecified atom stereocenters. The first kappa shape index (κ1) is 11.5. The van der Waals surface area contributed by atoms with Gasteiger partial charge in [-0.3, -0.25) is 9.78 Å². The molecule has 0 radical (unpaired) electrons. The minimum absolute atomic E-state index is 0.373. The monoisotopic (exact) mass is 209 g/mol. The van der Waals surface area contributed by atoms with Crippen LogP contribution in [-0.4, -0.2) is 9.97 Å². The number of nitrogens with two attached hydrogens (primary N) is 1. The van der Waals surface area contributed by atoms with Gasteiger partial charge in [0.1, 0.15) is 0 Å². The van der Waals surface area contributed by atoms with Gasteiger partial charge < -0.3 is 10.7 Å². The highest BCUT2D eigenvalue weighted by Crippen LogP contribution is 2.13. The molecule has 0 saturated carbocycles. The molecule has 4 N–H and O–H groups in total. The van der Waals surface area contributed by atoms with Gasteiger partial charge >= 0.3 is 5.69 Å². The number of hydrogen-bond donors (Lipinski definition) is 3. The van der Waals surface area contributed by atoms with E-state index in [2.05, 4.69) is 16.5 Å². The molecule has 0 aliphatic carbocycles. The van der Waals surface area contributed by atoms with Gasteiger partial charge in [0.05, 0.1) is 5.56 Å². The Morgan fingerprint density at radius 3 is 2.80 bits per heavy atom. The highest BCUT2D eigenvalue weighted by molar-refractivity contribution is 5.09. The van der Waals surface area contributed by atoms with Crippen LogP contribution in [0.15, 0.2) is 27.9 Å². The van der Waals surface area contributed by atoms with Crippen LogP contribution in [0.1, 0.15) is 31.4 Å². The number of hydrogen-bond acceptors (Lipinski definition) is 3. The van der Waals surface area contributed by atoms with Crippen LogP contribution in [0.2, 0.25) is 0 Å². The molecule has 0 aliphatic heterocycles. The van der Waals surface area contributed by atoms with Crippen molar-refractivity contribution in [1.29, 1.82) is 0 Å². The van der Waals surface area contributed by atoms with E-state index < -0.39 is 11.2 Å². The van der Waals surface area contributed by atoms with Gasteiger partial charge in [0.2, 0.25) is 0 Å². The average molecular weight is 209 g/mol. The quantitative estimate of drug-likeness (QED) is 0.627. The molecule has 5 nitrogen and oxygen atoms in total. The van der Waals surface area contributed by atoms with E-state index in [-0.39, 0.29) is 6.04 Å². The molecule has 0 bridgehead atoms. The molecule has 1 rings (SSSR count). The molecule has 0 aromatic carbocycles. The topological polar surface area (TPSA) is 91.7 Å². The molecule has 82 valence electrons. The number of allylic oxidation sites excluding steroid dienone is 1. The van der Waals surface area contributed by atoms with Crippen molar-refractivity contribution < 1.29 is 0 Å². The minimum atomic E-state index is -0.518. The Kier molecular flexibility index (Phi) is 3.62. The van der Waals surface area contributed by atoms with Crippen LogP contribution in [0.5, 0.6) is 0 Å². The van der Waals surface area contributed by atoms with E-state index in [0.717, 1.165) is 12.0 Å². The summed E-state index contributed by atoms with van der Waals surface area (Å²) in [5.74, 6) is 0. The van der Waals surface area contributed by atoms with Crippen LogP contribution in [0.3, 0.4) is 0 Å². The van der Waals surface area contributed by atoms with Crippen LogP contribution in [0.25, 0.3) is 0 Å². The van der Waals surface area contributed by atoms with Crippen LogP contribution >= 0.6 is 0 Å². The number of rotatable bonds is 4. The van der Waals surface area contributed by atoms with Crippen molar-refractivity contribution in [3.05, 3.63) is 44.8 Å². The highest BCUT2D eigenvalue weighted by Gasteiger charge is 2.10. The number of aromatic nitrogens is 2. The molecule has 0 aliphatic rings. The van der Waals surface area contributed by atoms with E-state index in [1.54, 1.807) is 0 Å². The van der Waals surface area contributed by atoms with E-state index in [0.29, 0.717) is 12.0 Å². The Bertz CT molecular complexity index is 458. The van der Waals surface area contributed by atoms with Crippen molar-refractivity contribution in [3.8, 4) is 0 Å². The average Bonchev–Trinajstić information content (AvgIpc) is 2.14. The molecular weight excluding hydrogens is 194 g/mol. The van der Waals surface area contributed by atoms with Crippen molar-refractivity contribution in [2.24, 2.45) is 5.73 Å². The lowest BCUT2D eigenvalue weighted by Gasteiger charge is -2.09. The third-order valence-corrected chi connectivity index (χ3v) is 2.13. The molecule has 1 heterocycles. The standard InChI is InChI=1S/C10H15N3O2/c1-6(2)3-4-8(11)7-5-12-10(15)13-9(7)14/h5,8H,1,3-4,11H2,2H3,(H2,12,13,14,15). The normalized spacial score (nSPS) is 12.4. The van der Waals surface area contributed by atoms with Gasteiger partial charge in [0, 0.05) is 12.2 Å². The van der Waals surface area contributed by atoms with Gasteiger partial charge in [-0.15, -0.1) is 6.58 Å². The summed E-state index contributed by atoms with van der Waals surface area (Å²) in [5.41, 5.74) is 6.29. The lowest BCUT2D eigenvalue weighted by molar-refractivity contribution is 0.636. The van der Waals surface area contributed by atoms with Crippen LogP contribution < -0.4 is 17.0 Å². The molecule has 1 atom stereocenters. The summed E-state index contributed by atoms with van der Waals surface area (Å²) in [6.07, 6.45) is 2.77. The Labute approximate surface area is 87.0 Å². The van der Waals surface area contributed by atoms with Crippen molar-refractivity contribution in [3.63, 3.8) is 0 Å². The molecule has 5 heteroatoms. The van der Waals surface area contributed by atoms with E-state index in [4.69, 9.17) is 5.73 Å². The van der Waals surface area contributed by atoms with Gasteiger partial charge in [0.25, 0.3) is 5.56 Å². The van der Waals surface area contributed by atoms with Gasteiger partial charge in [-0.25, -0.2) is 4.79 Å². The maximum atomic E-state index is 11.3. The summed E-state index contributed by atoms with van der Waals surface area (Å²) in [5, 5.41) is 0. The fraction of sp³-hybridized carbons (Fsp3) is 0.400. The molecule has 0 spiro atoms. The predicted octanol–water partition coefficient (Wildman–Crippen LogP) is 0.419. The maximum absolute atomic E-state index is 11.3. The predicted molar refractivity (Wildman–Crippen MR) is 58.7 cm³/mol. The SMILES string of the molecule is C=C(C)CCC(N)c1c[nH]c(=O)[nH]c1=O. The zero-order chi connectivity index (χ0) is 11.4. The van der Waals surface area contributed by atoms with Crippen molar-refractivity contribution in [2.75, 3.05) is 0 Å². The van der Waals surface area contributed by atoms with E-state index in [1.807, 2.05) is 6.92 Å². The third-order valence-electron chi connectivity index (χ3n) is 2.13. The molecule has 1 aromatic heterocycles. The number of nitrogens with one attached hydrogen (secondary N) is 2. The van der Waals surface area contributed by atoms with Gasteiger partial charge in [-0.2, -0.15) is 0 Å². The summed E-state index contributed by atoms with van der Waals surface area (Å²) in [4.78, 5) is 26.6. The Balaban J connectivity index is 2.82. The summed E-state index contributed by atoms with van der Waals surface area (Å²) < 4.78 is 0. The lowest BCUT2D eigenvalue weighted by atomic mass is 10.0. The van der Waals surface area contributed by atoms with Gasteiger partial charge in [0.15, 0.2) is 0 Å². The van der Waals surface area contributed by atoms with E-state index in [9.17, 15) is 9.59 Å². The van der Waals surface area contributed by atoms with Crippen molar-refractivity contribution in [1.82, 2.24) is 9.97 Å². The molecule has 15 heavy (non-hydrogen) atoms. The summed E-state index contributed by atoms with van der Waals surface area (Å²) in [7, 11) is 0. The molecule has 0 saturated heterocycles. The second-order valence-corrected chi connectivity index (χ2v) is 3.63. The van der Waals surface area contributed by atoms with Crippen molar-refractivity contribution >= 4 is 0 Å². The van der Waals surface area contributed by atoms with Crippen LogP contribution in [0, 0.1) is 0 Å². The first-order valence-corrected chi connectivity index (χ1v) is 4.72. The minimum Gasteiger partial charge on any atom is -0.324 e. The second kappa shape index (κ2) is 4.75. The smallest absolute Gasteiger partial charge is 0.324 e. The molecular formula is C10H15N3O2. The van der Waals surface area contributed by atoms with E-state index >= 15 is 0 Å². The summed E-state index contributed by atoms with van der Waals surface area (Å²) in [6.45, 7) is 5.66. The fourth-order valence-electron chi connectivity index (χ4n) is 1.25. The van der Waals surface area contributed by atoms with Gasteiger partial charge in [-0.1, -0.05) is 5.57 Å². The van der Waals surface area contributed by atoms with Crippen LogP contribution in [0.4, 0.5) is 0 Å². The third kappa shape index (κ3) is 3.21. The summed E-state index contributed by atoms with van der Waals surface area (Å²) >= 11 is 0. The molecule has 1 aromatic rings. The van der Waals surface area contributed by atoms with Gasteiger partial charge in [-0.05, 0) is 19.8 Å². The first-order valence-electron chi connectivity index (χ1n) is 4.72. The molecule has 0 amide bonds. The molecule has 0 fully saturated rings. The maximum Gasteiger partial charge on any atom is 0.325 e. The fourth-order valence-corrected chi connectivity index (χ4v) is 1.25. The zero-order valence-corrected chi connectivity index (χ0v) is 8.67.